The van der Waals surface area contributed by atoms with Gasteiger partial charge in [-0.15, -0.1) is 0 Å². The van der Waals surface area contributed by atoms with Gasteiger partial charge in [0.05, 0.1) is 13.7 Å². The molecule has 1 aromatic heterocycles. The molecule has 4 heteroatoms. The normalized spacial score (nSPS) is 16.6. The number of hydrogen-bond donors (Lipinski definition) is 1. The van der Waals surface area contributed by atoms with Crippen molar-refractivity contribution >= 4 is 5.97 Å². The van der Waals surface area contributed by atoms with E-state index in [2.05, 4.69) is 12.2 Å². The third-order valence-corrected chi connectivity index (χ3v) is 3.88. The lowest BCUT2D eigenvalue weighted by molar-refractivity contribution is 0.0599. The average molecular weight is 251 g/mol. The predicted molar refractivity (Wildman–Crippen MR) is 68.4 cm³/mol. The Morgan fingerprint density at radius 1 is 1.56 bits per heavy atom. The van der Waals surface area contributed by atoms with Crippen LogP contribution < -0.4 is 5.32 Å². The Labute approximate surface area is 108 Å². The summed E-state index contributed by atoms with van der Waals surface area (Å²) >= 11 is 0. The van der Waals surface area contributed by atoms with Crippen molar-refractivity contribution in [2.75, 3.05) is 13.7 Å². The van der Waals surface area contributed by atoms with Crippen LogP contribution in [0.1, 0.15) is 48.1 Å². The van der Waals surface area contributed by atoms with Crippen molar-refractivity contribution in [1.29, 1.82) is 0 Å². The van der Waals surface area contributed by atoms with E-state index >= 15 is 0 Å². The minimum atomic E-state index is -0.338. The van der Waals surface area contributed by atoms with Crippen LogP contribution >= 0.6 is 0 Å². The smallest absolute Gasteiger partial charge is 0.341 e. The van der Waals surface area contributed by atoms with Crippen LogP contribution in [0.4, 0.5) is 0 Å². The summed E-state index contributed by atoms with van der Waals surface area (Å²) in [7, 11) is 1.38. The molecule has 0 atom stereocenters. The summed E-state index contributed by atoms with van der Waals surface area (Å²) in [5.41, 5.74) is 1.04. The van der Waals surface area contributed by atoms with Gasteiger partial charge in [-0.05, 0) is 37.7 Å². The molecule has 1 fully saturated rings. The maximum atomic E-state index is 11.4. The van der Waals surface area contributed by atoms with Gasteiger partial charge < -0.3 is 14.5 Å². The third kappa shape index (κ3) is 2.75. The Hall–Kier alpha value is -1.29. The molecule has 0 aliphatic heterocycles. The molecule has 0 amide bonds. The molecule has 1 aromatic rings. The SMILES string of the molecule is CCC1(CNCc2cc(C(=O)OC)c(C)o2)CC1. The second kappa shape index (κ2) is 5.14. The van der Waals surface area contributed by atoms with Crippen molar-refractivity contribution in [1.82, 2.24) is 5.32 Å². The Kier molecular flexibility index (Phi) is 3.76. The molecule has 1 aliphatic rings. The first kappa shape index (κ1) is 13.1. The molecule has 1 saturated carbocycles. The molecule has 4 nitrogen and oxygen atoms in total. The Morgan fingerprint density at radius 3 is 2.83 bits per heavy atom. The summed E-state index contributed by atoms with van der Waals surface area (Å²) in [6.07, 6.45) is 3.87. The fourth-order valence-electron chi connectivity index (χ4n) is 2.23. The molecular weight excluding hydrogens is 230 g/mol. The zero-order valence-corrected chi connectivity index (χ0v) is 11.3. The van der Waals surface area contributed by atoms with Crippen LogP contribution in [0.3, 0.4) is 0 Å². The van der Waals surface area contributed by atoms with E-state index in [1.807, 2.05) is 0 Å². The van der Waals surface area contributed by atoms with Gasteiger partial charge in [0.15, 0.2) is 0 Å². The van der Waals surface area contributed by atoms with E-state index in [0.29, 0.717) is 23.3 Å². The van der Waals surface area contributed by atoms with Gasteiger partial charge >= 0.3 is 5.97 Å². The summed E-state index contributed by atoms with van der Waals surface area (Å²) in [6.45, 7) is 5.71. The Bertz CT molecular complexity index is 432. The monoisotopic (exact) mass is 251 g/mol. The number of carbonyl (C=O) groups excluding carboxylic acids is 1. The van der Waals surface area contributed by atoms with E-state index in [1.54, 1.807) is 13.0 Å². The second-order valence-corrected chi connectivity index (χ2v) is 5.13. The molecule has 0 bridgehead atoms. The van der Waals surface area contributed by atoms with Crippen molar-refractivity contribution in [3.05, 3.63) is 23.2 Å². The number of carbonyl (C=O) groups is 1. The molecule has 0 saturated heterocycles. The molecule has 1 heterocycles. The minimum Gasteiger partial charge on any atom is -0.465 e. The highest BCUT2D eigenvalue weighted by Gasteiger charge is 2.39. The summed E-state index contributed by atoms with van der Waals surface area (Å²) in [4.78, 5) is 11.4. The van der Waals surface area contributed by atoms with Crippen molar-refractivity contribution < 1.29 is 13.9 Å². The zero-order valence-electron chi connectivity index (χ0n) is 11.3. The fourth-order valence-corrected chi connectivity index (χ4v) is 2.23. The van der Waals surface area contributed by atoms with E-state index in [4.69, 9.17) is 9.15 Å². The average Bonchev–Trinajstić information content (AvgIpc) is 3.06. The lowest BCUT2D eigenvalue weighted by Crippen LogP contribution is -2.22. The van der Waals surface area contributed by atoms with Crippen molar-refractivity contribution in [2.45, 2.75) is 39.7 Å². The van der Waals surface area contributed by atoms with Gasteiger partial charge in [0.2, 0.25) is 0 Å². The predicted octanol–water partition coefficient (Wildman–Crippen LogP) is 2.65. The first-order valence-corrected chi connectivity index (χ1v) is 6.48. The molecule has 1 N–H and O–H groups in total. The van der Waals surface area contributed by atoms with Gasteiger partial charge in [-0.2, -0.15) is 0 Å². The van der Waals surface area contributed by atoms with Gasteiger partial charge in [-0.1, -0.05) is 6.92 Å². The summed E-state index contributed by atoms with van der Waals surface area (Å²) in [6, 6.07) is 1.76. The quantitative estimate of drug-likeness (QED) is 0.790. The van der Waals surface area contributed by atoms with E-state index in [-0.39, 0.29) is 5.97 Å². The number of hydrogen-bond acceptors (Lipinski definition) is 4. The number of esters is 1. The topological polar surface area (TPSA) is 51.5 Å². The maximum absolute atomic E-state index is 11.4. The van der Waals surface area contributed by atoms with Crippen LogP contribution in [0, 0.1) is 12.3 Å². The standard InChI is InChI=1S/C14H21NO3/c1-4-14(5-6-14)9-15-8-11-7-12(10(2)18-11)13(16)17-3/h7,15H,4-6,8-9H2,1-3H3. The summed E-state index contributed by atoms with van der Waals surface area (Å²) < 4.78 is 10.2. The lowest BCUT2D eigenvalue weighted by atomic mass is 10.0. The van der Waals surface area contributed by atoms with Crippen LogP contribution in [0.5, 0.6) is 0 Å². The Balaban J connectivity index is 1.88. The molecule has 1 aliphatic carbocycles. The van der Waals surface area contributed by atoms with E-state index in [1.165, 1.54) is 26.4 Å². The number of methoxy groups -OCH3 is 1. The van der Waals surface area contributed by atoms with E-state index in [9.17, 15) is 4.79 Å². The summed E-state index contributed by atoms with van der Waals surface area (Å²) in [5, 5.41) is 3.41. The molecule has 100 valence electrons. The van der Waals surface area contributed by atoms with Crippen LogP contribution in [0.2, 0.25) is 0 Å². The highest BCUT2D eigenvalue weighted by Crippen LogP contribution is 2.47. The highest BCUT2D eigenvalue weighted by atomic mass is 16.5. The number of ether oxygens (including phenoxy) is 1. The molecule has 0 spiro atoms. The largest absolute Gasteiger partial charge is 0.465 e. The second-order valence-electron chi connectivity index (χ2n) is 5.13. The fraction of sp³-hybridized carbons (Fsp3) is 0.643. The first-order chi connectivity index (χ1) is 8.60. The number of aryl methyl sites for hydroxylation is 1. The van der Waals surface area contributed by atoms with Gasteiger partial charge in [0.25, 0.3) is 0 Å². The molecule has 0 aromatic carbocycles. The first-order valence-electron chi connectivity index (χ1n) is 6.48. The maximum Gasteiger partial charge on any atom is 0.341 e. The number of nitrogens with one attached hydrogen (secondary N) is 1. The van der Waals surface area contributed by atoms with Crippen LogP contribution in [0.25, 0.3) is 0 Å². The van der Waals surface area contributed by atoms with Crippen LogP contribution in [-0.2, 0) is 11.3 Å². The zero-order chi connectivity index (χ0) is 13.2. The van der Waals surface area contributed by atoms with Gasteiger partial charge in [-0.3, -0.25) is 0 Å². The molecular formula is C14H21NO3. The van der Waals surface area contributed by atoms with Crippen molar-refractivity contribution in [3.8, 4) is 0 Å². The van der Waals surface area contributed by atoms with Crippen LogP contribution in [0.15, 0.2) is 10.5 Å². The van der Waals surface area contributed by atoms with Crippen molar-refractivity contribution in [3.63, 3.8) is 0 Å². The highest BCUT2D eigenvalue weighted by molar-refractivity contribution is 5.90. The van der Waals surface area contributed by atoms with Crippen LogP contribution in [-0.4, -0.2) is 19.6 Å². The van der Waals surface area contributed by atoms with Gasteiger partial charge in [0, 0.05) is 6.54 Å². The minimum absolute atomic E-state index is 0.338. The number of rotatable bonds is 6. The Morgan fingerprint density at radius 2 is 2.28 bits per heavy atom. The molecule has 0 unspecified atom stereocenters. The molecule has 2 rings (SSSR count). The number of furan rings is 1. The summed E-state index contributed by atoms with van der Waals surface area (Å²) in [5.74, 6) is 1.07. The third-order valence-electron chi connectivity index (χ3n) is 3.88. The van der Waals surface area contributed by atoms with Gasteiger partial charge in [-0.25, -0.2) is 4.79 Å². The lowest BCUT2D eigenvalue weighted by Gasteiger charge is -2.12. The molecule has 0 radical (unpaired) electrons. The van der Waals surface area contributed by atoms with Gasteiger partial charge in [0.1, 0.15) is 17.1 Å². The molecule has 18 heavy (non-hydrogen) atoms. The van der Waals surface area contributed by atoms with Crippen molar-refractivity contribution in [2.24, 2.45) is 5.41 Å². The van der Waals surface area contributed by atoms with E-state index in [0.717, 1.165) is 12.3 Å². The van der Waals surface area contributed by atoms with E-state index < -0.39 is 0 Å².